The van der Waals surface area contributed by atoms with Gasteiger partial charge in [0.25, 0.3) is 0 Å². The Morgan fingerprint density at radius 1 is 1.24 bits per heavy atom. The predicted octanol–water partition coefficient (Wildman–Crippen LogP) is 3.88. The van der Waals surface area contributed by atoms with Crippen molar-refractivity contribution in [2.24, 2.45) is 0 Å². The molecular formula is C13H19ClN2O. The van der Waals surface area contributed by atoms with Gasteiger partial charge in [-0.1, -0.05) is 25.4 Å². The number of aromatic nitrogens is 2. The number of hydrogen-bond acceptors (Lipinski definition) is 3. The Morgan fingerprint density at radius 2 is 1.88 bits per heavy atom. The summed E-state index contributed by atoms with van der Waals surface area (Å²) >= 11 is 6.12. The smallest absolute Gasteiger partial charge is 0.221 e. The van der Waals surface area contributed by atoms with Gasteiger partial charge in [-0.25, -0.2) is 4.98 Å². The summed E-state index contributed by atoms with van der Waals surface area (Å²) in [5.74, 6) is 1.69. The lowest BCUT2D eigenvalue weighted by atomic mass is 10.2. The maximum Gasteiger partial charge on any atom is 0.221 e. The minimum Gasteiger partial charge on any atom is -0.474 e. The highest BCUT2D eigenvalue weighted by molar-refractivity contribution is 6.30. The third kappa shape index (κ3) is 2.89. The minimum absolute atomic E-state index is 0.263. The maximum absolute atomic E-state index is 6.12. The normalized spacial score (nSPS) is 16.8. The summed E-state index contributed by atoms with van der Waals surface area (Å²) in [5.41, 5.74) is 0.850. The van der Waals surface area contributed by atoms with Crippen LogP contribution in [0.1, 0.15) is 56.8 Å². The molecule has 3 nitrogen and oxygen atoms in total. The molecule has 4 heteroatoms. The van der Waals surface area contributed by atoms with E-state index in [9.17, 15) is 0 Å². The van der Waals surface area contributed by atoms with E-state index in [0.29, 0.717) is 17.1 Å². The summed E-state index contributed by atoms with van der Waals surface area (Å²) in [6, 6.07) is 0. The van der Waals surface area contributed by atoms with Crippen molar-refractivity contribution in [3.8, 4) is 5.88 Å². The number of rotatable bonds is 3. The van der Waals surface area contributed by atoms with Gasteiger partial charge in [0.15, 0.2) is 0 Å². The van der Waals surface area contributed by atoms with E-state index in [1.807, 2.05) is 6.92 Å². The second kappa shape index (κ2) is 5.21. The van der Waals surface area contributed by atoms with Crippen LogP contribution >= 0.6 is 11.6 Å². The summed E-state index contributed by atoms with van der Waals surface area (Å²) in [6.07, 6.45) is 5.05. The Kier molecular flexibility index (Phi) is 3.87. The molecule has 0 bridgehead atoms. The molecule has 1 saturated carbocycles. The van der Waals surface area contributed by atoms with Crippen molar-refractivity contribution in [2.45, 2.75) is 58.5 Å². The Labute approximate surface area is 108 Å². The lowest BCUT2D eigenvalue weighted by Gasteiger charge is -2.16. The number of ether oxygens (including phenoxy) is 1. The monoisotopic (exact) mass is 254 g/mol. The van der Waals surface area contributed by atoms with Gasteiger partial charge in [-0.05, 0) is 32.6 Å². The standard InChI is InChI=1S/C13H19ClN2O/c1-8(2)12-15-11(14)9(3)13(16-12)17-10-6-4-5-7-10/h8,10H,4-7H2,1-3H3. The lowest BCUT2D eigenvalue weighted by Crippen LogP contribution is -2.14. The summed E-state index contributed by atoms with van der Waals surface area (Å²) < 4.78 is 5.94. The van der Waals surface area contributed by atoms with Crippen LogP contribution in [0.15, 0.2) is 0 Å². The fourth-order valence-electron chi connectivity index (χ4n) is 2.02. The Hall–Kier alpha value is -0.830. The first-order chi connectivity index (χ1) is 8.08. The number of nitrogens with zero attached hydrogens (tertiary/aromatic N) is 2. The molecule has 0 N–H and O–H groups in total. The molecule has 0 unspecified atom stereocenters. The molecule has 17 heavy (non-hydrogen) atoms. The van der Waals surface area contributed by atoms with Gasteiger partial charge in [0.2, 0.25) is 5.88 Å². The van der Waals surface area contributed by atoms with E-state index in [1.54, 1.807) is 0 Å². The zero-order valence-corrected chi connectivity index (χ0v) is 11.4. The van der Waals surface area contributed by atoms with Crippen LogP contribution in [0.25, 0.3) is 0 Å². The second-order valence-electron chi connectivity index (χ2n) is 4.98. The molecule has 1 fully saturated rings. The van der Waals surface area contributed by atoms with Crippen molar-refractivity contribution < 1.29 is 4.74 Å². The highest BCUT2D eigenvalue weighted by Crippen LogP contribution is 2.29. The van der Waals surface area contributed by atoms with Crippen LogP contribution in [-0.2, 0) is 0 Å². The van der Waals surface area contributed by atoms with Gasteiger partial charge in [0.1, 0.15) is 17.1 Å². The maximum atomic E-state index is 6.12. The first-order valence-corrected chi connectivity index (χ1v) is 6.66. The Morgan fingerprint density at radius 3 is 2.47 bits per heavy atom. The highest BCUT2D eigenvalue weighted by Gasteiger charge is 2.20. The first-order valence-electron chi connectivity index (χ1n) is 6.28. The summed E-state index contributed by atoms with van der Waals surface area (Å²) in [4.78, 5) is 8.76. The van der Waals surface area contributed by atoms with Crippen molar-refractivity contribution in [3.63, 3.8) is 0 Å². The van der Waals surface area contributed by atoms with Gasteiger partial charge in [-0.15, -0.1) is 0 Å². The molecule has 94 valence electrons. The van der Waals surface area contributed by atoms with Gasteiger partial charge in [0, 0.05) is 11.5 Å². The molecule has 0 spiro atoms. The summed E-state index contributed by atoms with van der Waals surface area (Å²) in [5, 5.41) is 0.511. The van der Waals surface area contributed by atoms with Gasteiger partial charge in [-0.2, -0.15) is 4.98 Å². The van der Waals surface area contributed by atoms with Gasteiger partial charge in [0.05, 0.1) is 0 Å². The molecule has 0 aromatic carbocycles. The van der Waals surface area contributed by atoms with Gasteiger partial charge < -0.3 is 4.74 Å². The fraction of sp³-hybridized carbons (Fsp3) is 0.692. The first kappa shape index (κ1) is 12.6. The summed E-state index contributed by atoms with van der Waals surface area (Å²) in [7, 11) is 0. The van der Waals surface area contributed by atoms with Gasteiger partial charge >= 0.3 is 0 Å². The third-order valence-electron chi connectivity index (χ3n) is 3.16. The molecule has 0 atom stereocenters. The van der Waals surface area contributed by atoms with Crippen molar-refractivity contribution in [1.82, 2.24) is 9.97 Å². The van der Waals surface area contributed by atoms with E-state index >= 15 is 0 Å². The van der Waals surface area contributed by atoms with Crippen LogP contribution < -0.4 is 4.74 Å². The van der Waals surface area contributed by atoms with E-state index in [0.717, 1.165) is 24.2 Å². The third-order valence-corrected chi connectivity index (χ3v) is 3.52. The minimum atomic E-state index is 0.263. The largest absolute Gasteiger partial charge is 0.474 e. The second-order valence-corrected chi connectivity index (χ2v) is 5.34. The van der Waals surface area contributed by atoms with E-state index in [1.165, 1.54) is 12.8 Å². The van der Waals surface area contributed by atoms with Crippen LogP contribution in [0.4, 0.5) is 0 Å². The molecule has 1 aromatic rings. The Bertz CT molecular complexity index is 401. The van der Waals surface area contributed by atoms with Crippen LogP contribution in [0, 0.1) is 6.92 Å². The fourth-order valence-corrected chi connectivity index (χ4v) is 2.19. The molecule has 0 aliphatic heterocycles. The van der Waals surface area contributed by atoms with Crippen LogP contribution in [0.2, 0.25) is 5.15 Å². The molecule has 1 aromatic heterocycles. The predicted molar refractivity (Wildman–Crippen MR) is 68.8 cm³/mol. The van der Waals surface area contributed by atoms with Crippen LogP contribution in [0.3, 0.4) is 0 Å². The van der Waals surface area contributed by atoms with Crippen LogP contribution in [0.5, 0.6) is 5.88 Å². The molecule has 1 aliphatic carbocycles. The van der Waals surface area contributed by atoms with Crippen molar-refractivity contribution in [2.75, 3.05) is 0 Å². The molecule has 0 saturated heterocycles. The topological polar surface area (TPSA) is 35.0 Å². The average molecular weight is 255 g/mol. The number of hydrogen-bond donors (Lipinski definition) is 0. The molecule has 0 amide bonds. The van der Waals surface area contributed by atoms with Crippen molar-refractivity contribution in [3.05, 3.63) is 16.5 Å². The lowest BCUT2D eigenvalue weighted by molar-refractivity contribution is 0.198. The molecule has 0 radical (unpaired) electrons. The number of halogens is 1. The van der Waals surface area contributed by atoms with E-state index in [-0.39, 0.29) is 5.92 Å². The van der Waals surface area contributed by atoms with E-state index < -0.39 is 0 Å². The molecule has 2 rings (SSSR count). The quantitative estimate of drug-likeness (QED) is 0.768. The van der Waals surface area contributed by atoms with Crippen molar-refractivity contribution >= 4 is 11.6 Å². The van der Waals surface area contributed by atoms with E-state index in [2.05, 4.69) is 23.8 Å². The zero-order chi connectivity index (χ0) is 12.4. The Balaban J connectivity index is 2.24. The molecule has 1 aliphatic rings. The van der Waals surface area contributed by atoms with Gasteiger partial charge in [-0.3, -0.25) is 0 Å². The van der Waals surface area contributed by atoms with E-state index in [4.69, 9.17) is 16.3 Å². The van der Waals surface area contributed by atoms with Crippen LogP contribution in [-0.4, -0.2) is 16.1 Å². The highest BCUT2D eigenvalue weighted by atomic mass is 35.5. The summed E-state index contributed by atoms with van der Waals surface area (Å²) in [6.45, 7) is 6.03. The average Bonchev–Trinajstić information content (AvgIpc) is 2.77. The molecule has 1 heterocycles. The SMILES string of the molecule is Cc1c(Cl)nc(C(C)C)nc1OC1CCCC1. The van der Waals surface area contributed by atoms with Crippen molar-refractivity contribution in [1.29, 1.82) is 0 Å². The molecular weight excluding hydrogens is 236 g/mol. The zero-order valence-electron chi connectivity index (χ0n) is 10.7.